The predicted octanol–water partition coefficient (Wildman–Crippen LogP) is -3.01. The number of hydrogen-bond donors (Lipinski definition) is 4. The van der Waals surface area contributed by atoms with Gasteiger partial charge in [0.05, 0.1) is 0 Å². The largest absolute Gasteiger partial charge is 0.668 e. The molecule has 0 unspecified atom stereocenters. The molecule has 0 rings (SSSR count). The van der Waals surface area contributed by atoms with Gasteiger partial charge in [0.15, 0.2) is 0 Å². The van der Waals surface area contributed by atoms with E-state index in [4.69, 9.17) is 19.2 Å². The number of rotatable bonds is 0. The summed E-state index contributed by atoms with van der Waals surface area (Å²) in [6.45, 7) is 0. The van der Waals surface area contributed by atoms with Crippen LogP contribution in [0.15, 0.2) is 0 Å². The fourth-order valence-electron chi connectivity index (χ4n) is 0. The third-order valence-corrected chi connectivity index (χ3v) is 0. The second-order valence-corrected chi connectivity index (χ2v) is 1.80. The summed E-state index contributed by atoms with van der Waals surface area (Å²) in [6, 6.07) is 0. The van der Waals surface area contributed by atoms with Crippen LogP contribution in [0.3, 0.4) is 0 Å². The smallest absolute Gasteiger partial charge is 0.412 e. The minimum absolute atomic E-state index is 0. The molecule has 6 N–H and O–H groups in total. The summed E-state index contributed by atoms with van der Waals surface area (Å²) in [6.07, 6.45) is 0. The van der Waals surface area contributed by atoms with Gasteiger partial charge in [0.2, 0.25) is 0 Å². The summed E-state index contributed by atoms with van der Waals surface area (Å²) in [5.74, 6) is 0. The minimum atomic E-state index is -4.61. The van der Waals surface area contributed by atoms with Gasteiger partial charge in [0.25, 0.3) is 0 Å². The van der Waals surface area contributed by atoms with Crippen molar-refractivity contribution < 1.29 is 24.7 Å². The monoisotopic (exact) mass is 150 g/mol. The normalized spacial score (nSPS) is 8.57. The average Bonchev–Trinajstić information content (AvgIpc) is 0.722. The van der Waals surface area contributed by atoms with E-state index < -0.39 is 9.05 Å². The molecule has 0 spiro atoms. The van der Waals surface area contributed by atoms with E-state index in [9.17, 15) is 0 Å². The van der Waals surface area contributed by atoms with Crippen LogP contribution in [-0.4, -0.2) is 33.7 Å². The van der Waals surface area contributed by atoms with Crippen molar-refractivity contribution in [1.29, 1.82) is 0 Å². The van der Waals surface area contributed by atoms with Crippen molar-refractivity contribution in [2.24, 2.45) is 0 Å². The van der Waals surface area contributed by atoms with Crippen LogP contribution < -0.4 is 0 Å². The molecule has 0 aliphatic carbocycles. The molecule has 0 saturated carbocycles. The first kappa shape index (κ1) is 15.7. The fraction of sp³-hybridized carbons (Fsp3) is 0. The van der Waals surface area contributed by atoms with Crippen LogP contribution in [-0.2, 0) is 0 Å². The molecule has 0 heterocycles. The van der Waals surface area contributed by atoms with Crippen molar-refractivity contribution in [3.05, 3.63) is 0 Å². The third kappa shape index (κ3) is 1240. The minimum Gasteiger partial charge on any atom is -0.412 e. The van der Waals surface area contributed by atoms with E-state index in [2.05, 4.69) is 0 Å². The average molecular weight is 151 g/mol. The SMILES string of the molecule is Cl.O.O[Si](O)(O)O. The van der Waals surface area contributed by atoms with Crippen molar-refractivity contribution in [3.63, 3.8) is 0 Å². The number of halogens is 1. The van der Waals surface area contributed by atoms with E-state index in [-0.39, 0.29) is 17.9 Å². The Morgan fingerprint density at radius 1 is 0.857 bits per heavy atom. The van der Waals surface area contributed by atoms with E-state index in [0.29, 0.717) is 0 Å². The molecule has 48 valence electrons. The van der Waals surface area contributed by atoms with Gasteiger partial charge < -0.3 is 24.7 Å². The van der Waals surface area contributed by atoms with E-state index in [0.717, 1.165) is 0 Å². The molecule has 5 nitrogen and oxygen atoms in total. The summed E-state index contributed by atoms with van der Waals surface area (Å²) in [5, 5.41) is 0. The first-order chi connectivity index (χ1) is 2.00. The zero-order valence-electron chi connectivity index (χ0n) is 3.20. The maximum atomic E-state index is 7.33. The Balaban J connectivity index is -0.0000000800. The second-order valence-electron chi connectivity index (χ2n) is 0.600. The molecule has 0 saturated heterocycles. The molecule has 0 bridgehead atoms. The van der Waals surface area contributed by atoms with Crippen molar-refractivity contribution in [2.75, 3.05) is 0 Å². The maximum absolute atomic E-state index is 7.33. The molecular weight excluding hydrogens is 144 g/mol. The Morgan fingerprint density at radius 2 is 0.857 bits per heavy atom. The molecule has 0 aromatic rings. The molecule has 0 aliphatic rings. The molecule has 0 atom stereocenters. The van der Waals surface area contributed by atoms with Crippen LogP contribution >= 0.6 is 12.4 Å². The molecule has 0 radical (unpaired) electrons. The first-order valence-corrected chi connectivity index (χ1v) is 2.68. The van der Waals surface area contributed by atoms with E-state index >= 15 is 0 Å². The number of hydrogen-bond acceptors (Lipinski definition) is 4. The quantitative estimate of drug-likeness (QED) is 0.276. The highest BCUT2D eigenvalue weighted by atomic mass is 35.5. The van der Waals surface area contributed by atoms with Crippen LogP contribution in [0.1, 0.15) is 0 Å². The van der Waals surface area contributed by atoms with Crippen molar-refractivity contribution >= 4 is 21.5 Å². The first-order valence-electron chi connectivity index (χ1n) is 0.894. The van der Waals surface area contributed by atoms with E-state index in [1.807, 2.05) is 0 Å². The lowest BCUT2D eigenvalue weighted by atomic mass is 15.7. The maximum Gasteiger partial charge on any atom is 0.668 e. The Labute approximate surface area is 47.1 Å². The van der Waals surface area contributed by atoms with Gasteiger partial charge in [-0.25, -0.2) is 0 Å². The van der Waals surface area contributed by atoms with Gasteiger partial charge in [-0.15, -0.1) is 12.4 Å². The van der Waals surface area contributed by atoms with Crippen molar-refractivity contribution in [3.8, 4) is 0 Å². The van der Waals surface area contributed by atoms with E-state index in [1.165, 1.54) is 0 Å². The standard InChI is InChI=1S/ClH.H4O4Si.H2O/c;1-5(2,3)4;/h1H;1-4H;1H2. The fourth-order valence-corrected chi connectivity index (χ4v) is 0. The highest BCUT2D eigenvalue weighted by Crippen LogP contribution is 1.67. The van der Waals surface area contributed by atoms with Crippen molar-refractivity contribution in [1.82, 2.24) is 0 Å². The lowest BCUT2D eigenvalue weighted by Gasteiger charge is -1.91. The van der Waals surface area contributed by atoms with Crippen LogP contribution in [0.25, 0.3) is 0 Å². The lowest BCUT2D eigenvalue weighted by molar-refractivity contribution is 0.117. The Bertz CT molecular complexity index is 23.6. The van der Waals surface area contributed by atoms with Gasteiger partial charge in [0, 0.05) is 0 Å². The Morgan fingerprint density at radius 3 is 0.857 bits per heavy atom. The highest BCUT2D eigenvalue weighted by molar-refractivity contribution is 6.46. The van der Waals surface area contributed by atoms with E-state index in [1.54, 1.807) is 0 Å². The third-order valence-electron chi connectivity index (χ3n) is 0. The Hall–Kier alpha value is 0.307. The molecule has 0 amide bonds. The van der Waals surface area contributed by atoms with Crippen molar-refractivity contribution in [2.45, 2.75) is 0 Å². The summed E-state index contributed by atoms with van der Waals surface area (Å²) in [5.41, 5.74) is 0. The lowest BCUT2D eigenvalue weighted by Crippen LogP contribution is -2.33. The molecule has 0 aliphatic heterocycles. The highest BCUT2D eigenvalue weighted by Gasteiger charge is 2.22. The summed E-state index contributed by atoms with van der Waals surface area (Å²) >= 11 is 0. The molecule has 0 aromatic heterocycles. The molecule has 0 aromatic carbocycles. The van der Waals surface area contributed by atoms with Gasteiger partial charge >= 0.3 is 9.05 Å². The van der Waals surface area contributed by atoms with Crippen LogP contribution in [0.2, 0.25) is 0 Å². The van der Waals surface area contributed by atoms with Gasteiger partial charge in [-0.1, -0.05) is 0 Å². The molecule has 0 fully saturated rings. The summed E-state index contributed by atoms with van der Waals surface area (Å²) in [4.78, 5) is 29.3. The summed E-state index contributed by atoms with van der Waals surface area (Å²) in [7, 11) is -4.61. The molecular formula is H7ClO5Si. The molecule has 7 heteroatoms. The van der Waals surface area contributed by atoms with Gasteiger partial charge in [0.1, 0.15) is 0 Å². The summed E-state index contributed by atoms with van der Waals surface area (Å²) < 4.78 is 0. The Kier molecular flexibility index (Phi) is 10.00. The molecule has 7 heavy (non-hydrogen) atoms. The predicted molar refractivity (Wildman–Crippen MR) is 25.5 cm³/mol. The zero-order chi connectivity index (χ0) is 4.50. The topological polar surface area (TPSA) is 112 Å². The van der Waals surface area contributed by atoms with Crippen LogP contribution in [0.4, 0.5) is 0 Å². The zero-order valence-corrected chi connectivity index (χ0v) is 5.01. The van der Waals surface area contributed by atoms with Gasteiger partial charge in [-0.2, -0.15) is 0 Å². The second kappa shape index (κ2) is 4.47. The van der Waals surface area contributed by atoms with Gasteiger partial charge in [-0.3, -0.25) is 0 Å². The van der Waals surface area contributed by atoms with Gasteiger partial charge in [-0.05, 0) is 0 Å². The van der Waals surface area contributed by atoms with Crippen LogP contribution in [0, 0.1) is 0 Å². The van der Waals surface area contributed by atoms with Crippen LogP contribution in [0.5, 0.6) is 0 Å².